The van der Waals surface area contributed by atoms with Gasteiger partial charge in [0, 0.05) is 17.8 Å². The molecule has 4 heteroatoms. The third kappa shape index (κ3) is 2.57. The van der Waals surface area contributed by atoms with Gasteiger partial charge in [0.05, 0.1) is 4.88 Å². The van der Waals surface area contributed by atoms with Crippen molar-refractivity contribution in [1.29, 1.82) is 0 Å². The number of aryl methyl sites for hydroxylation is 2. The van der Waals surface area contributed by atoms with Gasteiger partial charge in [0.2, 0.25) is 0 Å². The second-order valence-corrected chi connectivity index (χ2v) is 6.30. The second-order valence-electron chi connectivity index (χ2n) is 5.39. The second kappa shape index (κ2) is 5.92. The van der Waals surface area contributed by atoms with Crippen molar-refractivity contribution >= 4 is 17.2 Å². The summed E-state index contributed by atoms with van der Waals surface area (Å²) in [6, 6.07) is 2.14. The third-order valence-electron chi connectivity index (χ3n) is 3.79. The maximum atomic E-state index is 4.84. The number of rotatable bonds is 4. The number of hydrogen-bond donors (Lipinski definition) is 1. The van der Waals surface area contributed by atoms with E-state index in [1.165, 1.54) is 34.5 Å². The summed E-state index contributed by atoms with van der Waals surface area (Å²) in [4.78, 5) is 10.9. The van der Waals surface area contributed by atoms with Gasteiger partial charge >= 0.3 is 0 Å². The fourth-order valence-corrected chi connectivity index (χ4v) is 3.55. The summed E-state index contributed by atoms with van der Waals surface area (Å²) in [5.41, 5.74) is 3.88. The van der Waals surface area contributed by atoms with E-state index in [2.05, 4.69) is 30.6 Å². The van der Waals surface area contributed by atoms with Gasteiger partial charge in [-0.15, -0.1) is 11.3 Å². The van der Waals surface area contributed by atoms with E-state index >= 15 is 0 Å². The van der Waals surface area contributed by atoms with Crippen LogP contribution >= 0.6 is 11.3 Å². The molecule has 1 aliphatic carbocycles. The zero-order chi connectivity index (χ0) is 13.9. The molecule has 1 N–H and O–H groups in total. The smallest absolute Gasteiger partial charge is 0.172 e. The lowest BCUT2D eigenvalue weighted by molar-refractivity contribution is 0.664. The van der Waals surface area contributed by atoms with Gasteiger partial charge in [-0.3, -0.25) is 0 Å². The average Bonchev–Trinajstić information content (AvgIpc) is 2.90. The Morgan fingerprint density at radius 1 is 1.25 bits per heavy atom. The van der Waals surface area contributed by atoms with Crippen LogP contribution in [0.15, 0.2) is 11.4 Å². The number of nitrogens with one attached hydrogen (secondary N) is 1. The summed E-state index contributed by atoms with van der Waals surface area (Å²) < 4.78 is 0. The SMILES string of the molecule is CCCNc1nc(-c2sccc2C)nc2c1CCCC2. The maximum absolute atomic E-state index is 4.84. The van der Waals surface area contributed by atoms with Crippen LogP contribution in [-0.2, 0) is 12.8 Å². The molecule has 0 saturated heterocycles. The van der Waals surface area contributed by atoms with Crippen LogP contribution < -0.4 is 5.32 Å². The molecule has 0 unspecified atom stereocenters. The molecule has 106 valence electrons. The van der Waals surface area contributed by atoms with Crippen molar-refractivity contribution in [2.24, 2.45) is 0 Å². The lowest BCUT2D eigenvalue weighted by Gasteiger charge is -2.19. The van der Waals surface area contributed by atoms with E-state index in [0.717, 1.165) is 37.4 Å². The quantitative estimate of drug-likeness (QED) is 0.915. The Labute approximate surface area is 124 Å². The van der Waals surface area contributed by atoms with Crippen LogP contribution in [0.25, 0.3) is 10.7 Å². The number of aromatic nitrogens is 2. The molecule has 0 radical (unpaired) electrons. The highest BCUT2D eigenvalue weighted by Crippen LogP contribution is 2.31. The standard InChI is InChI=1S/C16H21N3S/c1-3-9-17-15-12-6-4-5-7-13(12)18-16(19-15)14-11(2)8-10-20-14/h8,10H,3-7,9H2,1-2H3,(H,17,18,19). The fourth-order valence-electron chi connectivity index (χ4n) is 2.69. The molecule has 0 atom stereocenters. The molecule has 0 aliphatic heterocycles. The first kappa shape index (κ1) is 13.6. The highest BCUT2D eigenvalue weighted by Gasteiger charge is 2.19. The molecule has 0 aromatic carbocycles. The van der Waals surface area contributed by atoms with Crippen molar-refractivity contribution in [2.75, 3.05) is 11.9 Å². The van der Waals surface area contributed by atoms with Crippen molar-refractivity contribution in [3.05, 3.63) is 28.3 Å². The van der Waals surface area contributed by atoms with Gasteiger partial charge in [-0.1, -0.05) is 6.92 Å². The van der Waals surface area contributed by atoms with Crippen molar-refractivity contribution in [3.63, 3.8) is 0 Å². The van der Waals surface area contributed by atoms with Gasteiger partial charge in [-0.25, -0.2) is 9.97 Å². The topological polar surface area (TPSA) is 37.8 Å². The van der Waals surface area contributed by atoms with Gasteiger partial charge in [0.1, 0.15) is 5.82 Å². The lowest BCUT2D eigenvalue weighted by atomic mass is 9.96. The normalized spacial score (nSPS) is 14.1. The van der Waals surface area contributed by atoms with Crippen LogP contribution in [0, 0.1) is 6.92 Å². The van der Waals surface area contributed by atoms with E-state index in [0.29, 0.717) is 0 Å². The maximum Gasteiger partial charge on any atom is 0.172 e. The highest BCUT2D eigenvalue weighted by molar-refractivity contribution is 7.13. The van der Waals surface area contributed by atoms with Gasteiger partial charge in [0.25, 0.3) is 0 Å². The molecule has 0 fully saturated rings. The Morgan fingerprint density at radius 2 is 2.10 bits per heavy atom. The minimum atomic E-state index is 0.900. The van der Waals surface area contributed by atoms with Crippen LogP contribution in [0.2, 0.25) is 0 Å². The van der Waals surface area contributed by atoms with Gasteiger partial charge in [0.15, 0.2) is 5.82 Å². The molecule has 0 saturated carbocycles. The van der Waals surface area contributed by atoms with Crippen LogP contribution in [0.5, 0.6) is 0 Å². The number of nitrogens with zero attached hydrogens (tertiary/aromatic N) is 2. The molecule has 0 bridgehead atoms. The van der Waals surface area contributed by atoms with Crippen molar-refractivity contribution in [3.8, 4) is 10.7 Å². The first-order valence-electron chi connectivity index (χ1n) is 7.47. The molecule has 3 nitrogen and oxygen atoms in total. The Kier molecular flexibility index (Phi) is 4.01. The van der Waals surface area contributed by atoms with E-state index in [-0.39, 0.29) is 0 Å². The summed E-state index contributed by atoms with van der Waals surface area (Å²) in [5, 5.41) is 5.62. The number of hydrogen-bond acceptors (Lipinski definition) is 4. The molecule has 3 rings (SSSR count). The van der Waals surface area contributed by atoms with E-state index in [1.54, 1.807) is 11.3 Å². The van der Waals surface area contributed by atoms with Crippen LogP contribution in [0.3, 0.4) is 0 Å². The van der Waals surface area contributed by atoms with Crippen molar-refractivity contribution < 1.29 is 0 Å². The summed E-state index contributed by atoms with van der Waals surface area (Å²) in [5.74, 6) is 1.97. The Morgan fingerprint density at radius 3 is 2.85 bits per heavy atom. The molecule has 2 aromatic rings. The zero-order valence-corrected chi connectivity index (χ0v) is 13.0. The summed E-state index contributed by atoms with van der Waals surface area (Å²) in [6.07, 6.45) is 5.84. The monoisotopic (exact) mass is 287 g/mol. The minimum absolute atomic E-state index is 0.900. The summed E-state index contributed by atoms with van der Waals surface area (Å²) >= 11 is 1.73. The van der Waals surface area contributed by atoms with Crippen molar-refractivity contribution in [1.82, 2.24) is 9.97 Å². The number of anilines is 1. The Balaban J connectivity index is 2.05. The van der Waals surface area contributed by atoms with E-state index in [9.17, 15) is 0 Å². The van der Waals surface area contributed by atoms with Crippen LogP contribution in [0.1, 0.15) is 43.0 Å². The van der Waals surface area contributed by atoms with Crippen LogP contribution in [-0.4, -0.2) is 16.5 Å². The summed E-state index contributed by atoms with van der Waals surface area (Å²) in [7, 11) is 0. The Hall–Kier alpha value is -1.42. The number of fused-ring (bicyclic) bond motifs is 1. The van der Waals surface area contributed by atoms with Crippen LogP contribution in [0.4, 0.5) is 5.82 Å². The van der Waals surface area contributed by atoms with E-state index in [4.69, 9.17) is 9.97 Å². The fraction of sp³-hybridized carbons (Fsp3) is 0.500. The van der Waals surface area contributed by atoms with Gasteiger partial charge < -0.3 is 5.32 Å². The van der Waals surface area contributed by atoms with E-state index < -0.39 is 0 Å². The molecule has 1 aliphatic rings. The largest absolute Gasteiger partial charge is 0.370 e. The van der Waals surface area contributed by atoms with Gasteiger partial charge in [-0.05, 0) is 56.0 Å². The molecular formula is C16H21N3S. The summed E-state index contributed by atoms with van der Waals surface area (Å²) in [6.45, 7) is 5.30. The zero-order valence-electron chi connectivity index (χ0n) is 12.2. The molecule has 2 heterocycles. The van der Waals surface area contributed by atoms with E-state index in [1.807, 2.05) is 0 Å². The van der Waals surface area contributed by atoms with Crippen molar-refractivity contribution in [2.45, 2.75) is 46.0 Å². The molecular weight excluding hydrogens is 266 g/mol. The average molecular weight is 287 g/mol. The highest BCUT2D eigenvalue weighted by atomic mass is 32.1. The molecule has 0 amide bonds. The first-order valence-corrected chi connectivity index (χ1v) is 8.35. The first-order chi connectivity index (χ1) is 9.79. The molecule has 0 spiro atoms. The van der Waals surface area contributed by atoms with Gasteiger partial charge in [-0.2, -0.15) is 0 Å². The predicted octanol–water partition coefficient (Wildman–Crippen LogP) is 4.21. The Bertz CT molecular complexity index is 604. The molecule has 20 heavy (non-hydrogen) atoms. The lowest BCUT2D eigenvalue weighted by Crippen LogP contribution is -2.14. The predicted molar refractivity (Wildman–Crippen MR) is 85.5 cm³/mol. The number of thiophene rings is 1. The molecule has 2 aromatic heterocycles. The minimum Gasteiger partial charge on any atom is -0.370 e. The third-order valence-corrected chi connectivity index (χ3v) is 4.80.